The fraction of sp³-hybridized carbons (Fsp3) is 0.250. The summed E-state index contributed by atoms with van der Waals surface area (Å²) in [7, 11) is 0. The second kappa shape index (κ2) is 6.70. The summed E-state index contributed by atoms with van der Waals surface area (Å²) < 4.78 is 5.85. The Balaban J connectivity index is 1.95. The summed E-state index contributed by atoms with van der Waals surface area (Å²) >= 11 is 1.41. The van der Waals surface area contributed by atoms with E-state index >= 15 is 0 Å². The lowest BCUT2D eigenvalue weighted by atomic mass is 10.1. The van der Waals surface area contributed by atoms with Crippen LogP contribution >= 0.6 is 11.3 Å². The molecule has 0 aliphatic rings. The first-order valence-corrected chi connectivity index (χ1v) is 8.04. The number of aromatic hydroxyl groups is 1. The van der Waals surface area contributed by atoms with Gasteiger partial charge in [-0.3, -0.25) is 9.97 Å². The Hall–Kier alpha value is -2.54. The van der Waals surface area contributed by atoms with Gasteiger partial charge in [-0.25, -0.2) is 0 Å². The van der Waals surface area contributed by atoms with Crippen LogP contribution in [0, 0.1) is 0 Å². The summed E-state index contributed by atoms with van der Waals surface area (Å²) in [5.41, 5.74) is 3.28. The van der Waals surface area contributed by atoms with Crippen molar-refractivity contribution in [3.63, 3.8) is 0 Å². The van der Waals surface area contributed by atoms with E-state index in [0.717, 1.165) is 10.4 Å². The molecule has 3 heterocycles. The Morgan fingerprint density at radius 3 is 2.61 bits per heavy atom. The minimum absolute atomic E-state index is 0.0398. The molecule has 0 atom stereocenters. The van der Waals surface area contributed by atoms with E-state index in [-0.39, 0.29) is 11.8 Å². The number of hydrogen-bond acceptors (Lipinski definition) is 7. The van der Waals surface area contributed by atoms with Crippen molar-refractivity contribution < 1.29 is 9.84 Å². The maximum atomic E-state index is 10.3. The topological polar surface area (TPSA) is 81.0 Å². The molecule has 118 valence electrons. The summed E-state index contributed by atoms with van der Waals surface area (Å²) in [5, 5.41) is 10.3. The molecule has 3 rings (SSSR count). The monoisotopic (exact) mass is 328 g/mol. The van der Waals surface area contributed by atoms with Crippen LogP contribution in [0.2, 0.25) is 0 Å². The summed E-state index contributed by atoms with van der Waals surface area (Å²) in [6, 6.07) is 3.75. The fourth-order valence-electron chi connectivity index (χ4n) is 2.12. The number of thiazole rings is 1. The Morgan fingerprint density at radius 1 is 1.17 bits per heavy atom. The minimum atomic E-state index is -0.0527. The van der Waals surface area contributed by atoms with Crippen LogP contribution in [-0.4, -0.2) is 25.0 Å². The molecule has 0 saturated carbocycles. The third kappa shape index (κ3) is 3.45. The van der Waals surface area contributed by atoms with Crippen molar-refractivity contribution in [2.45, 2.75) is 26.4 Å². The molecule has 0 amide bonds. The van der Waals surface area contributed by atoms with Gasteiger partial charge in [0.25, 0.3) is 0 Å². The molecule has 3 aromatic rings. The van der Waals surface area contributed by atoms with Gasteiger partial charge >= 0.3 is 0 Å². The van der Waals surface area contributed by atoms with Crippen molar-refractivity contribution in [3.05, 3.63) is 47.4 Å². The Labute approximate surface area is 137 Å². The first kappa shape index (κ1) is 15.4. The molecule has 0 aliphatic heterocycles. The maximum absolute atomic E-state index is 10.3. The largest absolute Gasteiger partial charge is 0.493 e. The number of rotatable bonds is 5. The van der Waals surface area contributed by atoms with E-state index in [1.165, 1.54) is 11.3 Å². The predicted octanol–water partition coefficient (Wildman–Crippen LogP) is 3.40. The Bertz CT molecular complexity index is 776. The third-order valence-electron chi connectivity index (χ3n) is 3.25. The van der Waals surface area contributed by atoms with Crippen LogP contribution in [0.5, 0.6) is 11.8 Å². The molecule has 0 aliphatic carbocycles. The normalized spacial score (nSPS) is 10.9. The van der Waals surface area contributed by atoms with Gasteiger partial charge in [0.1, 0.15) is 6.61 Å². The zero-order valence-corrected chi connectivity index (χ0v) is 13.6. The SMILES string of the molecule is CC(C)c1c(O)nc(-c2cncs2)nc1OCc1ccncc1. The van der Waals surface area contributed by atoms with E-state index in [9.17, 15) is 5.11 Å². The van der Waals surface area contributed by atoms with E-state index in [1.54, 1.807) is 24.1 Å². The summed E-state index contributed by atoms with van der Waals surface area (Å²) in [6.07, 6.45) is 5.09. The average molecular weight is 328 g/mol. The first-order valence-electron chi connectivity index (χ1n) is 7.16. The smallest absolute Gasteiger partial charge is 0.224 e. The first-order chi connectivity index (χ1) is 11.1. The van der Waals surface area contributed by atoms with E-state index in [2.05, 4.69) is 19.9 Å². The second-order valence-electron chi connectivity index (χ2n) is 5.25. The number of ether oxygens (including phenoxy) is 1. The van der Waals surface area contributed by atoms with Crippen LogP contribution in [0.3, 0.4) is 0 Å². The summed E-state index contributed by atoms with van der Waals surface area (Å²) in [4.78, 5) is 17.4. The van der Waals surface area contributed by atoms with Crippen molar-refractivity contribution in [2.75, 3.05) is 0 Å². The van der Waals surface area contributed by atoms with Crippen LogP contribution in [0.15, 0.2) is 36.2 Å². The van der Waals surface area contributed by atoms with E-state index in [0.29, 0.717) is 23.9 Å². The van der Waals surface area contributed by atoms with Crippen LogP contribution in [0.25, 0.3) is 10.7 Å². The van der Waals surface area contributed by atoms with Gasteiger partial charge in [0.2, 0.25) is 11.8 Å². The predicted molar refractivity (Wildman–Crippen MR) is 87.5 cm³/mol. The minimum Gasteiger partial charge on any atom is -0.493 e. The van der Waals surface area contributed by atoms with Gasteiger partial charge < -0.3 is 9.84 Å². The van der Waals surface area contributed by atoms with E-state index in [1.807, 2.05) is 26.0 Å². The number of nitrogens with zero attached hydrogens (tertiary/aromatic N) is 4. The highest BCUT2D eigenvalue weighted by molar-refractivity contribution is 7.13. The molecule has 0 bridgehead atoms. The second-order valence-corrected chi connectivity index (χ2v) is 6.14. The average Bonchev–Trinajstić information content (AvgIpc) is 3.07. The quantitative estimate of drug-likeness (QED) is 0.773. The van der Waals surface area contributed by atoms with Crippen molar-refractivity contribution in [2.24, 2.45) is 0 Å². The van der Waals surface area contributed by atoms with Gasteiger partial charge in [0.05, 0.1) is 16.0 Å². The summed E-state index contributed by atoms with van der Waals surface area (Å²) in [5.74, 6) is 0.799. The van der Waals surface area contributed by atoms with Crippen molar-refractivity contribution in [1.82, 2.24) is 19.9 Å². The fourth-order valence-corrected chi connectivity index (χ4v) is 2.67. The lowest BCUT2D eigenvalue weighted by Crippen LogP contribution is -2.05. The highest BCUT2D eigenvalue weighted by Crippen LogP contribution is 2.34. The molecular formula is C16H16N4O2S. The zero-order valence-electron chi connectivity index (χ0n) is 12.8. The molecule has 0 saturated heterocycles. The molecule has 3 aromatic heterocycles. The number of hydrogen-bond donors (Lipinski definition) is 1. The molecule has 0 fully saturated rings. The third-order valence-corrected chi connectivity index (χ3v) is 4.01. The standard InChI is InChI=1S/C16H16N4O2S/c1-10(2)13-15(21)19-14(12-7-18-9-23-12)20-16(13)22-8-11-3-5-17-6-4-11/h3-7,9-10H,8H2,1-2H3,(H,19,20,21). The van der Waals surface area contributed by atoms with Crippen LogP contribution < -0.4 is 4.74 Å². The highest BCUT2D eigenvalue weighted by atomic mass is 32.1. The van der Waals surface area contributed by atoms with Crippen molar-refractivity contribution >= 4 is 11.3 Å². The lowest BCUT2D eigenvalue weighted by Gasteiger charge is -2.15. The molecule has 0 radical (unpaired) electrons. The molecule has 1 N–H and O–H groups in total. The number of pyridine rings is 1. The molecular weight excluding hydrogens is 312 g/mol. The number of aromatic nitrogens is 4. The van der Waals surface area contributed by atoms with Crippen LogP contribution in [0.4, 0.5) is 0 Å². The van der Waals surface area contributed by atoms with Gasteiger partial charge in [-0.15, -0.1) is 11.3 Å². The molecule has 0 spiro atoms. The highest BCUT2D eigenvalue weighted by Gasteiger charge is 2.19. The summed E-state index contributed by atoms with van der Waals surface area (Å²) in [6.45, 7) is 4.27. The van der Waals surface area contributed by atoms with Crippen molar-refractivity contribution in [1.29, 1.82) is 0 Å². The van der Waals surface area contributed by atoms with Gasteiger partial charge in [0, 0.05) is 18.6 Å². The lowest BCUT2D eigenvalue weighted by molar-refractivity contribution is 0.285. The van der Waals surface area contributed by atoms with Crippen molar-refractivity contribution in [3.8, 4) is 22.5 Å². The van der Waals surface area contributed by atoms with Gasteiger partial charge in [-0.2, -0.15) is 9.97 Å². The molecule has 6 nitrogen and oxygen atoms in total. The van der Waals surface area contributed by atoms with Crippen LogP contribution in [-0.2, 0) is 6.61 Å². The van der Waals surface area contributed by atoms with Gasteiger partial charge in [-0.05, 0) is 23.6 Å². The molecule has 0 unspecified atom stereocenters. The van der Waals surface area contributed by atoms with E-state index in [4.69, 9.17) is 4.74 Å². The zero-order chi connectivity index (χ0) is 16.2. The molecule has 23 heavy (non-hydrogen) atoms. The van der Waals surface area contributed by atoms with E-state index < -0.39 is 0 Å². The molecule has 0 aromatic carbocycles. The van der Waals surface area contributed by atoms with Gasteiger partial charge in [-0.1, -0.05) is 13.8 Å². The molecule has 7 heteroatoms. The maximum Gasteiger partial charge on any atom is 0.224 e. The van der Waals surface area contributed by atoms with Gasteiger partial charge in [0.15, 0.2) is 5.82 Å². The van der Waals surface area contributed by atoms with Crippen LogP contribution in [0.1, 0.15) is 30.9 Å². The Kier molecular flexibility index (Phi) is 4.47. The Morgan fingerprint density at radius 2 is 1.96 bits per heavy atom.